The Morgan fingerprint density at radius 2 is 1.94 bits per heavy atom. The van der Waals surface area contributed by atoms with Crippen LogP contribution in [0.1, 0.15) is 13.3 Å². The standard InChI is InChI=1S/C10H12O6/c1-3-9(13)16-6(2)4-7(10(14)15)5-8(11)12/h3,5-6H,1,4H2,2H3,(H,11,12)(H,14,15). The third kappa shape index (κ3) is 5.58. The fourth-order valence-corrected chi connectivity index (χ4v) is 0.955. The minimum absolute atomic E-state index is 0.179. The largest absolute Gasteiger partial charge is 0.478 e. The lowest BCUT2D eigenvalue weighted by Crippen LogP contribution is -2.17. The van der Waals surface area contributed by atoms with Crippen LogP contribution in [-0.2, 0) is 19.1 Å². The summed E-state index contributed by atoms with van der Waals surface area (Å²) >= 11 is 0. The number of aliphatic carboxylic acids is 2. The van der Waals surface area contributed by atoms with Crippen molar-refractivity contribution in [3.63, 3.8) is 0 Å². The molecular weight excluding hydrogens is 216 g/mol. The number of carbonyl (C=O) groups excluding carboxylic acids is 1. The van der Waals surface area contributed by atoms with Crippen molar-refractivity contribution in [3.05, 3.63) is 24.3 Å². The van der Waals surface area contributed by atoms with Gasteiger partial charge in [-0.25, -0.2) is 14.4 Å². The molecule has 6 nitrogen and oxygen atoms in total. The van der Waals surface area contributed by atoms with Gasteiger partial charge in [-0.1, -0.05) is 6.58 Å². The van der Waals surface area contributed by atoms with Crippen LogP contribution in [0.5, 0.6) is 0 Å². The Kier molecular flexibility index (Phi) is 5.55. The fraction of sp³-hybridized carbons (Fsp3) is 0.300. The first-order chi connectivity index (χ1) is 7.36. The summed E-state index contributed by atoms with van der Waals surface area (Å²) in [6.07, 6.45) is 0.604. The number of hydrogen-bond acceptors (Lipinski definition) is 4. The third-order valence-electron chi connectivity index (χ3n) is 1.56. The van der Waals surface area contributed by atoms with E-state index in [0.29, 0.717) is 6.08 Å². The van der Waals surface area contributed by atoms with Crippen LogP contribution in [0.25, 0.3) is 0 Å². The van der Waals surface area contributed by atoms with Gasteiger partial charge in [0.1, 0.15) is 6.10 Å². The number of ether oxygens (including phenoxy) is 1. The minimum atomic E-state index is -1.36. The predicted molar refractivity (Wildman–Crippen MR) is 53.7 cm³/mol. The van der Waals surface area contributed by atoms with E-state index in [1.165, 1.54) is 6.92 Å². The Morgan fingerprint density at radius 3 is 2.31 bits per heavy atom. The second-order valence-electron chi connectivity index (χ2n) is 2.97. The molecule has 0 amide bonds. The maximum Gasteiger partial charge on any atom is 0.331 e. The van der Waals surface area contributed by atoms with Gasteiger partial charge in [-0.15, -0.1) is 0 Å². The third-order valence-corrected chi connectivity index (χ3v) is 1.56. The van der Waals surface area contributed by atoms with Crippen molar-refractivity contribution in [2.45, 2.75) is 19.4 Å². The summed E-state index contributed by atoms with van der Waals surface area (Å²) in [6, 6.07) is 0. The quantitative estimate of drug-likeness (QED) is 0.509. The normalized spacial score (nSPS) is 12.7. The molecule has 0 radical (unpaired) electrons. The van der Waals surface area contributed by atoms with Gasteiger partial charge < -0.3 is 14.9 Å². The van der Waals surface area contributed by atoms with Crippen LogP contribution in [0.3, 0.4) is 0 Å². The van der Waals surface area contributed by atoms with Gasteiger partial charge in [0, 0.05) is 24.1 Å². The van der Waals surface area contributed by atoms with E-state index in [9.17, 15) is 14.4 Å². The van der Waals surface area contributed by atoms with Crippen molar-refractivity contribution in [1.29, 1.82) is 0 Å². The van der Waals surface area contributed by atoms with Gasteiger partial charge in [0.15, 0.2) is 0 Å². The number of hydrogen-bond donors (Lipinski definition) is 2. The molecule has 0 saturated heterocycles. The lowest BCUT2D eigenvalue weighted by atomic mass is 10.1. The monoisotopic (exact) mass is 228 g/mol. The molecule has 0 rings (SSSR count). The summed E-state index contributed by atoms with van der Waals surface area (Å²) in [4.78, 5) is 31.7. The summed E-state index contributed by atoms with van der Waals surface area (Å²) in [6.45, 7) is 4.64. The Bertz CT molecular complexity index is 341. The molecule has 1 atom stereocenters. The molecule has 0 spiro atoms. The molecule has 88 valence electrons. The number of carbonyl (C=O) groups is 3. The van der Waals surface area contributed by atoms with Crippen molar-refractivity contribution in [3.8, 4) is 0 Å². The molecule has 0 aromatic carbocycles. The highest BCUT2D eigenvalue weighted by atomic mass is 16.5. The molecule has 0 saturated carbocycles. The minimum Gasteiger partial charge on any atom is -0.478 e. The highest BCUT2D eigenvalue weighted by Crippen LogP contribution is 2.09. The zero-order chi connectivity index (χ0) is 12.7. The Hall–Kier alpha value is -2.11. The van der Waals surface area contributed by atoms with Crippen molar-refractivity contribution in [2.24, 2.45) is 0 Å². The van der Waals surface area contributed by atoms with Crippen LogP contribution < -0.4 is 0 Å². The summed E-state index contributed by atoms with van der Waals surface area (Å²) < 4.78 is 4.71. The topological polar surface area (TPSA) is 101 Å². The van der Waals surface area contributed by atoms with Crippen LogP contribution >= 0.6 is 0 Å². The average Bonchev–Trinajstić information content (AvgIpc) is 2.15. The van der Waals surface area contributed by atoms with E-state index in [4.69, 9.17) is 14.9 Å². The summed E-state index contributed by atoms with van der Waals surface area (Å²) in [5.74, 6) is -3.41. The number of carboxylic acids is 2. The van der Waals surface area contributed by atoms with Gasteiger partial charge in [-0.3, -0.25) is 0 Å². The van der Waals surface area contributed by atoms with Crippen LogP contribution in [0.2, 0.25) is 0 Å². The molecule has 0 aliphatic heterocycles. The second-order valence-corrected chi connectivity index (χ2v) is 2.97. The molecule has 0 fully saturated rings. The molecule has 0 aromatic rings. The highest BCUT2D eigenvalue weighted by molar-refractivity contribution is 5.94. The lowest BCUT2D eigenvalue weighted by Gasteiger charge is -2.11. The number of carboxylic acid groups (broad SMARTS) is 2. The summed E-state index contributed by atoms with van der Waals surface area (Å²) in [7, 11) is 0. The molecular formula is C10H12O6. The smallest absolute Gasteiger partial charge is 0.331 e. The van der Waals surface area contributed by atoms with Crippen LogP contribution in [-0.4, -0.2) is 34.2 Å². The molecule has 0 aromatic heterocycles. The Labute approximate surface area is 91.8 Å². The van der Waals surface area contributed by atoms with Crippen LogP contribution in [0.15, 0.2) is 24.3 Å². The van der Waals surface area contributed by atoms with Crippen LogP contribution in [0.4, 0.5) is 0 Å². The van der Waals surface area contributed by atoms with Gasteiger partial charge in [0.2, 0.25) is 0 Å². The molecule has 16 heavy (non-hydrogen) atoms. The Balaban J connectivity index is 4.53. The highest BCUT2D eigenvalue weighted by Gasteiger charge is 2.15. The molecule has 6 heteroatoms. The zero-order valence-electron chi connectivity index (χ0n) is 8.67. The molecule has 0 aliphatic rings. The maximum absolute atomic E-state index is 10.8. The van der Waals surface area contributed by atoms with E-state index in [1.807, 2.05) is 0 Å². The number of rotatable bonds is 6. The van der Waals surface area contributed by atoms with E-state index in [0.717, 1.165) is 6.08 Å². The number of esters is 1. The van der Waals surface area contributed by atoms with Gasteiger partial charge in [-0.2, -0.15) is 0 Å². The Morgan fingerprint density at radius 1 is 1.38 bits per heavy atom. The maximum atomic E-state index is 10.8. The van der Waals surface area contributed by atoms with Gasteiger partial charge in [0.25, 0.3) is 0 Å². The summed E-state index contributed by atoms with van der Waals surface area (Å²) in [5, 5.41) is 17.1. The molecule has 0 aliphatic carbocycles. The first-order valence-corrected chi connectivity index (χ1v) is 4.36. The molecule has 1 unspecified atom stereocenters. The van der Waals surface area contributed by atoms with Crippen molar-refractivity contribution in [1.82, 2.24) is 0 Å². The van der Waals surface area contributed by atoms with E-state index in [-0.39, 0.29) is 12.0 Å². The first-order valence-electron chi connectivity index (χ1n) is 4.36. The van der Waals surface area contributed by atoms with E-state index < -0.39 is 24.0 Å². The van der Waals surface area contributed by atoms with Crippen LogP contribution in [0, 0.1) is 0 Å². The van der Waals surface area contributed by atoms with Crippen molar-refractivity contribution >= 4 is 17.9 Å². The van der Waals surface area contributed by atoms with Gasteiger partial charge in [-0.05, 0) is 6.92 Å². The molecule has 2 N–H and O–H groups in total. The zero-order valence-corrected chi connectivity index (χ0v) is 8.67. The first kappa shape index (κ1) is 13.9. The van der Waals surface area contributed by atoms with E-state index in [1.54, 1.807) is 0 Å². The molecule has 0 bridgehead atoms. The van der Waals surface area contributed by atoms with Crippen molar-refractivity contribution in [2.75, 3.05) is 0 Å². The van der Waals surface area contributed by atoms with Gasteiger partial charge in [0.05, 0.1) is 0 Å². The fourth-order valence-electron chi connectivity index (χ4n) is 0.955. The summed E-state index contributed by atoms with van der Waals surface area (Å²) in [5.41, 5.74) is -0.336. The van der Waals surface area contributed by atoms with Gasteiger partial charge >= 0.3 is 17.9 Å². The lowest BCUT2D eigenvalue weighted by molar-refractivity contribution is -0.143. The van der Waals surface area contributed by atoms with E-state index >= 15 is 0 Å². The van der Waals surface area contributed by atoms with Crippen molar-refractivity contribution < 1.29 is 29.3 Å². The predicted octanol–water partition coefficient (Wildman–Crippen LogP) is 0.590. The second kappa shape index (κ2) is 6.39. The SMILES string of the molecule is C=CC(=O)OC(C)CC(=CC(=O)O)C(=O)O. The van der Waals surface area contributed by atoms with E-state index in [2.05, 4.69) is 6.58 Å². The average molecular weight is 228 g/mol. The molecule has 0 heterocycles.